The first-order valence-electron chi connectivity index (χ1n) is 6.11. The molecule has 0 N–H and O–H groups in total. The molecule has 0 amide bonds. The van der Waals surface area contributed by atoms with Gasteiger partial charge in [-0.3, -0.25) is 0 Å². The second-order valence-electron chi connectivity index (χ2n) is 5.10. The molecule has 0 unspecified atom stereocenters. The van der Waals surface area contributed by atoms with E-state index in [1.54, 1.807) is 0 Å². The van der Waals surface area contributed by atoms with Gasteiger partial charge >= 0.3 is 0 Å². The average Bonchev–Trinajstić information content (AvgIpc) is 2.10. The fraction of sp³-hybridized carbons (Fsp3) is 0.917. The minimum atomic E-state index is -1.48. The highest BCUT2D eigenvalue weighted by Crippen LogP contribution is 2.15. The van der Waals surface area contributed by atoms with E-state index >= 15 is 0 Å². The Morgan fingerprint density at radius 2 is 1.87 bits per heavy atom. The van der Waals surface area contributed by atoms with E-state index in [-0.39, 0.29) is 6.10 Å². The number of aldehydes is 1. The number of rotatable bonds is 9. The van der Waals surface area contributed by atoms with E-state index in [4.69, 9.17) is 4.43 Å². The predicted molar refractivity (Wildman–Crippen MR) is 67.7 cm³/mol. The minimum Gasteiger partial charge on any atom is -0.414 e. The van der Waals surface area contributed by atoms with Crippen LogP contribution in [0.5, 0.6) is 0 Å². The van der Waals surface area contributed by atoms with Gasteiger partial charge in [-0.25, -0.2) is 0 Å². The van der Waals surface area contributed by atoms with Gasteiger partial charge in [-0.05, 0) is 26.1 Å². The highest BCUT2D eigenvalue weighted by Gasteiger charge is 2.20. The summed E-state index contributed by atoms with van der Waals surface area (Å²) >= 11 is 0. The van der Waals surface area contributed by atoms with Crippen LogP contribution >= 0.6 is 0 Å². The lowest BCUT2D eigenvalue weighted by atomic mass is 10.1. The molecule has 0 aromatic heterocycles. The van der Waals surface area contributed by atoms with Crippen LogP contribution in [0, 0.1) is 0 Å². The Bertz CT molecular complexity index is 163. The zero-order valence-corrected chi connectivity index (χ0v) is 11.7. The van der Waals surface area contributed by atoms with Crippen LogP contribution in [0.2, 0.25) is 19.6 Å². The van der Waals surface area contributed by atoms with Crippen molar-refractivity contribution in [2.75, 3.05) is 0 Å². The van der Waals surface area contributed by atoms with Crippen LogP contribution < -0.4 is 0 Å². The summed E-state index contributed by atoms with van der Waals surface area (Å²) in [5, 5.41) is 0. The molecule has 0 heterocycles. The predicted octanol–water partition coefficient (Wildman–Crippen LogP) is 3.77. The maximum Gasteiger partial charge on any atom is 0.184 e. The number of carbonyl (C=O) groups excluding carboxylic acids is 1. The van der Waals surface area contributed by atoms with Crippen molar-refractivity contribution >= 4 is 14.6 Å². The molecule has 0 saturated carbocycles. The van der Waals surface area contributed by atoms with Gasteiger partial charge in [0.05, 0.1) is 6.10 Å². The van der Waals surface area contributed by atoms with E-state index in [1.165, 1.54) is 25.7 Å². The van der Waals surface area contributed by atoms with Gasteiger partial charge in [0.1, 0.15) is 6.29 Å². The second-order valence-corrected chi connectivity index (χ2v) is 9.56. The Morgan fingerprint density at radius 1 is 1.20 bits per heavy atom. The van der Waals surface area contributed by atoms with Gasteiger partial charge in [-0.2, -0.15) is 0 Å². The number of hydrogen-bond acceptors (Lipinski definition) is 2. The molecular weight excluding hydrogens is 204 g/mol. The Hall–Kier alpha value is -0.153. The summed E-state index contributed by atoms with van der Waals surface area (Å²) in [7, 11) is -1.48. The Balaban J connectivity index is 3.78. The van der Waals surface area contributed by atoms with Crippen LogP contribution in [0.25, 0.3) is 0 Å². The van der Waals surface area contributed by atoms with Crippen molar-refractivity contribution in [3.8, 4) is 0 Å². The third-order valence-corrected chi connectivity index (χ3v) is 3.30. The molecule has 1 atom stereocenters. The highest BCUT2D eigenvalue weighted by molar-refractivity contribution is 6.69. The summed E-state index contributed by atoms with van der Waals surface area (Å²) in [6.45, 7) is 8.74. The molecule has 0 bridgehead atoms. The van der Waals surface area contributed by atoms with Crippen LogP contribution in [0.4, 0.5) is 0 Å². The van der Waals surface area contributed by atoms with E-state index in [9.17, 15) is 4.79 Å². The average molecular weight is 230 g/mol. The van der Waals surface area contributed by atoms with Crippen LogP contribution in [0.3, 0.4) is 0 Å². The maximum absolute atomic E-state index is 10.5. The van der Waals surface area contributed by atoms with E-state index < -0.39 is 8.32 Å². The first-order valence-corrected chi connectivity index (χ1v) is 9.52. The van der Waals surface area contributed by atoms with Crippen molar-refractivity contribution in [2.24, 2.45) is 0 Å². The Morgan fingerprint density at radius 3 is 2.33 bits per heavy atom. The van der Waals surface area contributed by atoms with E-state index in [0.717, 1.165) is 12.7 Å². The molecule has 0 aliphatic rings. The lowest BCUT2D eigenvalue weighted by Crippen LogP contribution is -2.32. The van der Waals surface area contributed by atoms with Crippen molar-refractivity contribution in [1.82, 2.24) is 0 Å². The molecule has 0 fully saturated rings. The topological polar surface area (TPSA) is 26.3 Å². The standard InChI is InChI=1S/C12H26O2Si/c1-5-6-7-8-9-12(10-11-13)14-15(2,3)4/h11-12H,5-10H2,1-4H3/t12-/m0/s1. The molecule has 0 aromatic carbocycles. The summed E-state index contributed by atoms with van der Waals surface area (Å²) in [6, 6.07) is 0. The van der Waals surface area contributed by atoms with Crippen LogP contribution in [0.1, 0.15) is 45.4 Å². The minimum absolute atomic E-state index is 0.172. The third-order valence-electron chi connectivity index (χ3n) is 2.26. The maximum atomic E-state index is 10.5. The van der Waals surface area contributed by atoms with E-state index in [1.807, 2.05) is 0 Å². The van der Waals surface area contributed by atoms with Gasteiger partial charge in [0.25, 0.3) is 0 Å². The molecule has 0 aliphatic heterocycles. The fourth-order valence-corrected chi connectivity index (χ4v) is 2.85. The second kappa shape index (κ2) is 8.05. The zero-order chi connectivity index (χ0) is 11.7. The first kappa shape index (κ1) is 14.8. The van der Waals surface area contributed by atoms with Crippen LogP contribution in [0.15, 0.2) is 0 Å². The van der Waals surface area contributed by atoms with Gasteiger partial charge in [0, 0.05) is 6.42 Å². The van der Waals surface area contributed by atoms with Crippen LogP contribution in [-0.4, -0.2) is 20.7 Å². The third kappa shape index (κ3) is 10.1. The monoisotopic (exact) mass is 230 g/mol. The Kier molecular flexibility index (Phi) is 7.97. The summed E-state index contributed by atoms with van der Waals surface area (Å²) in [5.41, 5.74) is 0. The summed E-state index contributed by atoms with van der Waals surface area (Å²) in [5.74, 6) is 0. The van der Waals surface area contributed by atoms with Gasteiger partial charge in [-0.15, -0.1) is 0 Å². The normalized spacial score (nSPS) is 13.9. The van der Waals surface area contributed by atoms with Crippen LogP contribution in [-0.2, 0) is 9.22 Å². The number of hydrogen-bond donors (Lipinski definition) is 0. The molecule has 0 radical (unpaired) electrons. The van der Waals surface area contributed by atoms with Crippen molar-refractivity contribution < 1.29 is 9.22 Å². The van der Waals surface area contributed by atoms with Crippen molar-refractivity contribution in [1.29, 1.82) is 0 Å². The molecule has 3 heteroatoms. The molecule has 0 rings (SSSR count). The highest BCUT2D eigenvalue weighted by atomic mass is 28.4. The molecule has 0 saturated heterocycles. The molecule has 90 valence electrons. The van der Waals surface area contributed by atoms with Gasteiger partial charge < -0.3 is 9.22 Å². The quantitative estimate of drug-likeness (QED) is 0.342. The smallest absolute Gasteiger partial charge is 0.184 e. The molecule has 2 nitrogen and oxygen atoms in total. The summed E-state index contributed by atoms with van der Waals surface area (Å²) < 4.78 is 5.97. The number of carbonyl (C=O) groups is 1. The van der Waals surface area contributed by atoms with Gasteiger partial charge in [0.2, 0.25) is 0 Å². The van der Waals surface area contributed by atoms with Gasteiger partial charge in [0.15, 0.2) is 8.32 Å². The van der Waals surface area contributed by atoms with Crippen molar-refractivity contribution in [3.05, 3.63) is 0 Å². The fourth-order valence-electron chi connectivity index (χ4n) is 1.63. The summed E-state index contributed by atoms with van der Waals surface area (Å²) in [6.07, 6.45) is 7.78. The zero-order valence-electron chi connectivity index (χ0n) is 10.7. The molecule has 0 spiro atoms. The molecule has 0 aromatic rings. The van der Waals surface area contributed by atoms with E-state index in [2.05, 4.69) is 26.6 Å². The molecular formula is C12H26O2Si. The lowest BCUT2D eigenvalue weighted by Gasteiger charge is -2.25. The largest absolute Gasteiger partial charge is 0.414 e. The Labute approximate surface area is 95.5 Å². The van der Waals surface area contributed by atoms with Crippen molar-refractivity contribution in [2.45, 2.75) is 71.2 Å². The van der Waals surface area contributed by atoms with Gasteiger partial charge in [-0.1, -0.05) is 32.6 Å². The lowest BCUT2D eigenvalue weighted by molar-refractivity contribution is -0.109. The first-order chi connectivity index (χ1) is 6.99. The van der Waals surface area contributed by atoms with E-state index in [0.29, 0.717) is 6.42 Å². The molecule has 0 aliphatic carbocycles. The summed E-state index contributed by atoms with van der Waals surface area (Å²) in [4.78, 5) is 10.5. The SMILES string of the molecule is CCCCCC[C@@H](CC=O)O[Si](C)(C)C. The molecule has 15 heavy (non-hydrogen) atoms. The number of unbranched alkanes of at least 4 members (excludes halogenated alkanes) is 3. The van der Waals surface area contributed by atoms with Crippen molar-refractivity contribution in [3.63, 3.8) is 0 Å².